The lowest BCUT2D eigenvalue weighted by molar-refractivity contribution is 0.243. The van der Waals surface area contributed by atoms with Gasteiger partial charge in [0.25, 0.3) is 0 Å². The standard InChI is InChI=1S/C19H27N3OS/c1-5-14-8-7-9-15(6-2)18(14)21-19(23)20-12-17(22(3)4)16-10-11-24-13-16/h7-11,13,17H,5-6,12H2,1-4H3,(H2,20,21,23)/t17-/m1/s1. The summed E-state index contributed by atoms with van der Waals surface area (Å²) in [6, 6.07) is 8.34. The Hall–Kier alpha value is -1.85. The van der Waals surface area contributed by atoms with E-state index in [-0.39, 0.29) is 12.1 Å². The van der Waals surface area contributed by atoms with Gasteiger partial charge in [0, 0.05) is 12.2 Å². The van der Waals surface area contributed by atoms with Crippen molar-refractivity contribution in [1.82, 2.24) is 10.2 Å². The van der Waals surface area contributed by atoms with Crippen LogP contribution >= 0.6 is 11.3 Å². The summed E-state index contributed by atoms with van der Waals surface area (Å²) in [6.45, 7) is 4.79. The van der Waals surface area contributed by atoms with E-state index >= 15 is 0 Å². The van der Waals surface area contributed by atoms with Gasteiger partial charge in [-0.25, -0.2) is 4.79 Å². The first-order valence-electron chi connectivity index (χ1n) is 8.40. The van der Waals surface area contributed by atoms with Crippen LogP contribution < -0.4 is 10.6 Å². The Balaban J connectivity index is 2.03. The monoisotopic (exact) mass is 345 g/mol. The number of nitrogens with one attached hydrogen (secondary N) is 2. The molecule has 1 aromatic heterocycles. The van der Waals surface area contributed by atoms with Gasteiger partial charge < -0.3 is 15.5 Å². The van der Waals surface area contributed by atoms with Gasteiger partial charge in [-0.05, 0) is 60.5 Å². The van der Waals surface area contributed by atoms with Crippen LogP contribution in [-0.2, 0) is 12.8 Å². The number of hydrogen-bond donors (Lipinski definition) is 2. The van der Waals surface area contributed by atoms with Crippen molar-refractivity contribution in [3.05, 3.63) is 51.7 Å². The number of nitrogens with zero attached hydrogens (tertiary/aromatic N) is 1. The number of benzene rings is 1. The van der Waals surface area contributed by atoms with Gasteiger partial charge in [0.1, 0.15) is 0 Å². The molecule has 0 bridgehead atoms. The first kappa shape index (κ1) is 18.5. The topological polar surface area (TPSA) is 44.4 Å². The number of thiophene rings is 1. The number of para-hydroxylation sites is 1. The van der Waals surface area contributed by atoms with E-state index in [4.69, 9.17) is 0 Å². The van der Waals surface area contributed by atoms with E-state index in [0.29, 0.717) is 6.54 Å². The van der Waals surface area contributed by atoms with Crippen molar-refractivity contribution >= 4 is 23.1 Å². The van der Waals surface area contributed by atoms with Gasteiger partial charge in [0.2, 0.25) is 0 Å². The fourth-order valence-electron chi connectivity index (χ4n) is 2.81. The Kier molecular flexibility index (Phi) is 6.82. The molecule has 0 saturated carbocycles. The molecule has 1 atom stereocenters. The molecular weight excluding hydrogens is 318 g/mol. The molecule has 5 heteroatoms. The SMILES string of the molecule is CCc1cccc(CC)c1NC(=O)NC[C@H](c1ccsc1)N(C)C. The van der Waals surface area contributed by atoms with Crippen LogP contribution in [0.5, 0.6) is 0 Å². The third-order valence-electron chi connectivity index (χ3n) is 4.24. The van der Waals surface area contributed by atoms with Crippen LogP contribution in [0.1, 0.15) is 36.6 Å². The van der Waals surface area contributed by atoms with Crippen molar-refractivity contribution in [2.24, 2.45) is 0 Å². The lowest BCUT2D eigenvalue weighted by atomic mass is 10.0. The number of hydrogen-bond acceptors (Lipinski definition) is 3. The zero-order chi connectivity index (χ0) is 17.5. The molecule has 0 aliphatic carbocycles. The molecule has 2 aromatic rings. The molecule has 2 N–H and O–H groups in total. The van der Waals surface area contributed by atoms with E-state index in [1.807, 2.05) is 14.1 Å². The van der Waals surface area contributed by atoms with Crippen molar-refractivity contribution in [2.45, 2.75) is 32.7 Å². The quantitative estimate of drug-likeness (QED) is 0.786. The van der Waals surface area contributed by atoms with Gasteiger partial charge in [-0.1, -0.05) is 32.0 Å². The molecular formula is C19H27N3OS. The summed E-state index contributed by atoms with van der Waals surface area (Å²) in [5.41, 5.74) is 4.53. The Morgan fingerprint density at radius 1 is 1.17 bits per heavy atom. The number of likely N-dealkylation sites (N-methyl/N-ethyl adjacent to an activating group) is 1. The highest BCUT2D eigenvalue weighted by Crippen LogP contribution is 2.23. The second-order valence-electron chi connectivity index (χ2n) is 6.03. The summed E-state index contributed by atoms with van der Waals surface area (Å²) in [7, 11) is 4.06. The second-order valence-corrected chi connectivity index (χ2v) is 6.81. The normalized spacial score (nSPS) is 12.2. The number of carbonyl (C=O) groups excluding carboxylic acids is 1. The molecule has 1 heterocycles. The van der Waals surface area contributed by atoms with Crippen molar-refractivity contribution in [3.63, 3.8) is 0 Å². The summed E-state index contributed by atoms with van der Waals surface area (Å²) in [5.74, 6) is 0. The van der Waals surface area contributed by atoms with E-state index in [9.17, 15) is 4.79 Å². The molecule has 0 aliphatic heterocycles. The van der Waals surface area contributed by atoms with E-state index in [2.05, 4.69) is 64.4 Å². The van der Waals surface area contributed by atoms with Crippen molar-refractivity contribution in [2.75, 3.05) is 26.0 Å². The highest BCUT2D eigenvalue weighted by Gasteiger charge is 2.16. The Bertz CT molecular complexity index is 630. The Morgan fingerprint density at radius 2 is 1.83 bits per heavy atom. The largest absolute Gasteiger partial charge is 0.336 e. The summed E-state index contributed by atoms with van der Waals surface area (Å²) in [4.78, 5) is 14.5. The number of aryl methyl sites for hydroxylation is 2. The highest BCUT2D eigenvalue weighted by atomic mass is 32.1. The highest BCUT2D eigenvalue weighted by molar-refractivity contribution is 7.07. The molecule has 0 spiro atoms. The van der Waals surface area contributed by atoms with E-state index in [1.54, 1.807) is 11.3 Å². The van der Waals surface area contributed by atoms with Gasteiger partial charge in [-0.2, -0.15) is 11.3 Å². The van der Waals surface area contributed by atoms with Crippen LogP contribution in [0.4, 0.5) is 10.5 Å². The number of anilines is 1. The minimum absolute atomic E-state index is 0.146. The summed E-state index contributed by atoms with van der Waals surface area (Å²) in [5, 5.41) is 10.3. The molecule has 24 heavy (non-hydrogen) atoms. The van der Waals surface area contributed by atoms with Gasteiger partial charge in [-0.15, -0.1) is 0 Å². The zero-order valence-corrected chi connectivity index (χ0v) is 15.7. The predicted octanol–water partition coefficient (Wildman–Crippen LogP) is 4.30. The lowest BCUT2D eigenvalue weighted by Gasteiger charge is -2.24. The predicted molar refractivity (Wildman–Crippen MR) is 103 cm³/mol. The number of urea groups is 1. The Labute approximate surface area is 148 Å². The fraction of sp³-hybridized carbons (Fsp3) is 0.421. The third kappa shape index (κ3) is 4.58. The molecule has 1 aromatic carbocycles. The van der Waals surface area contributed by atoms with Gasteiger partial charge in [-0.3, -0.25) is 0 Å². The average molecular weight is 346 g/mol. The second kappa shape index (κ2) is 8.85. The molecule has 0 aliphatic rings. The average Bonchev–Trinajstić information content (AvgIpc) is 3.09. The van der Waals surface area contributed by atoms with Gasteiger partial charge in [0.05, 0.1) is 6.04 Å². The van der Waals surface area contributed by atoms with Crippen LogP contribution in [-0.4, -0.2) is 31.6 Å². The number of rotatable bonds is 7. The van der Waals surface area contributed by atoms with Crippen molar-refractivity contribution in [1.29, 1.82) is 0 Å². The lowest BCUT2D eigenvalue weighted by Crippen LogP contribution is -2.37. The molecule has 4 nitrogen and oxygen atoms in total. The molecule has 0 fully saturated rings. The maximum atomic E-state index is 12.4. The van der Waals surface area contributed by atoms with Crippen LogP contribution in [0.15, 0.2) is 35.0 Å². The molecule has 0 saturated heterocycles. The summed E-state index contributed by atoms with van der Waals surface area (Å²) in [6.07, 6.45) is 1.80. The molecule has 2 amide bonds. The smallest absolute Gasteiger partial charge is 0.319 e. The Morgan fingerprint density at radius 3 is 2.33 bits per heavy atom. The minimum Gasteiger partial charge on any atom is -0.336 e. The van der Waals surface area contributed by atoms with Crippen LogP contribution in [0.25, 0.3) is 0 Å². The molecule has 0 radical (unpaired) electrons. The van der Waals surface area contributed by atoms with Crippen molar-refractivity contribution in [3.8, 4) is 0 Å². The van der Waals surface area contributed by atoms with Crippen molar-refractivity contribution < 1.29 is 4.79 Å². The first-order chi connectivity index (χ1) is 11.6. The summed E-state index contributed by atoms with van der Waals surface area (Å²) < 4.78 is 0. The van der Waals surface area contributed by atoms with Gasteiger partial charge in [0.15, 0.2) is 0 Å². The molecule has 130 valence electrons. The number of amides is 2. The van der Waals surface area contributed by atoms with E-state index in [1.165, 1.54) is 16.7 Å². The van der Waals surface area contributed by atoms with Crippen LogP contribution in [0.3, 0.4) is 0 Å². The zero-order valence-electron chi connectivity index (χ0n) is 14.9. The van der Waals surface area contributed by atoms with E-state index in [0.717, 1.165) is 18.5 Å². The molecule has 2 rings (SSSR count). The molecule has 0 unspecified atom stereocenters. The van der Waals surface area contributed by atoms with Gasteiger partial charge >= 0.3 is 6.03 Å². The minimum atomic E-state index is -0.146. The third-order valence-corrected chi connectivity index (χ3v) is 4.95. The van der Waals surface area contributed by atoms with Crippen LogP contribution in [0, 0.1) is 0 Å². The fourth-order valence-corrected chi connectivity index (χ4v) is 3.52. The maximum Gasteiger partial charge on any atom is 0.319 e. The summed E-state index contributed by atoms with van der Waals surface area (Å²) >= 11 is 1.68. The first-order valence-corrected chi connectivity index (χ1v) is 9.35. The maximum absolute atomic E-state index is 12.4. The van der Waals surface area contributed by atoms with E-state index < -0.39 is 0 Å². The number of carbonyl (C=O) groups is 1. The van der Waals surface area contributed by atoms with Crippen LogP contribution in [0.2, 0.25) is 0 Å².